The third-order valence-electron chi connectivity index (χ3n) is 3.69. The van der Waals surface area contributed by atoms with Crippen LogP contribution >= 0.6 is 11.8 Å². The van der Waals surface area contributed by atoms with Crippen LogP contribution in [0.4, 0.5) is 10.1 Å². The lowest BCUT2D eigenvalue weighted by atomic mass is 10.1. The fraction of sp³-hybridized carbons (Fsp3) is 0.235. The first-order valence-corrected chi connectivity index (χ1v) is 7.99. The highest BCUT2D eigenvalue weighted by atomic mass is 32.2. The predicted molar refractivity (Wildman–Crippen MR) is 86.8 cm³/mol. The molecule has 0 spiro atoms. The number of aryl methyl sites for hydroxylation is 1. The molecule has 1 amide bonds. The van der Waals surface area contributed by atoms with Gasteiger partial charge >= 0.3 is 0 Å². The highest BCUT2D eigenvalue weighted by molar-refractivity contribution is 8.00. The molecular weight excluding hydrogens is 301 g/mol. The van der Waals surface area contributed by atoms with Crippen molar-refractivity contribution in [2.75, 3.05) is 17.8 Å². The quantitative estimate of drug-likeness (QED) is 0.859. The summed E-state index contributed by atoms with van der Waals surface area (Å²) >= 11 is 1.55. The zero-order valence-electron chi connectivity index (χ0n) is 12.4. The molecule has 22 heavy (non-hydrogen) atoms. The zero-order chi connectivity index (χ0) is 15.7. The molecule has 0 saturated carbocycles. The van der Waals surface area contributed by atoms with Gasteiger partial charge in [0, 0.05) is 5.69 Å². The maximum atomic E-state index is 13.1. The van der Waals surface area contributed by atoms with Gasteiger partial charge in [0.25, 0.3) is 0 Å². The van der Waals surface area contributed by atoms with E-state index in [-0.39, 0.29) is 17.1 Å². The summed E-state index contributed by atoms with van der Waals surface area (Å²) in [6.45, 7) is 1.95. The van der Waals surface area contributed by atoms with E-state index in [1.165, 1.54) is 12.1 Å². The number of halogens is 1. The molecule has 5 heteroatoms. The molecule has 3 nitrogen and oxygen atoms in total. The number of rotatable bonds is 3. The summed E-state index contributed by atoms with van der Waals surface area (Å²) in [4.78, 5) is 14.1. The second-order valence-corrected chi connectivity index (χ2v) is 6.20. The van der Waals surface area contributed by atoms with E-state index in [9.17, 15) is 9.18 Å². The second kappa shape index (κ2) is 6.01. The first-order chi connectivity index (χ1) is 10.6. The van der Waals surface area contributed by atoms with Crippen LogP contribution in [0.5, 0.6) is 5.75 Å². The molecule has 1 saturated heterocycles. The van der Waals surface area contributed by atoms with Crippen LogP contribution in [0.2, 0.25) is 0 Å². The summed E-state index contributed by atoms with van der Waals surface area (Å²) in [5, 5.41) is -0.125. The number of benzene rings is 2. The van der Waals surface area contributed by atoms with E-state index >= 15 is 0 Å². The van der Waals surface area contributed by atoms with Crippen molar-refractivity contribution in [3.8, 4) is 5.75 Å². The third-order valence-corrected chi connectivity index (χ3v) is 4.90. The lowest BCUT2D eigenvalue weighted by molar-refractivity contribution is -0.115. The summed E-state index contributed by atoms with van der Waals surface area (Å²) in [6.07, 6.45) is 0. The molecule has 0 bridgehead atoms. The lowest BCUT2D eigenvalue weighted by Crippen LogP contribution is -2.28. The highest BCUT2D eigenvalue weighted by Gasteiger charge is 2.34. The Morgan fingerprint density at radius 1 is 1.23 bits per heavy atom. The van der Waals surface area contributed by atoms with Crippen LogP contribution in [0.1, 0.15) is 16.5 Å². The van der Waals surface area contributed by atoms with Gasteiger partial charge in [-0.3, -0.25) is 9.69 Å². The number of anilines is 1. The predicted octanol–water partition coefficient (Wildman–Crippen LogP) is 3.92. The number of hydrogen-bond donors (Lipinski definition) is 0. The monoisotopic (exact) mass is 317 g/mol. The molecule has 0 radical (unpaired) electrons. The van der Waals surface area contributed by atoms with E-state index in [1.807, 2.05) is 25.1 Å². The molecule has 1 fully saturated rings. The molecular formula is C17H16FNO2S. The minimum Gasteiger partial charge on any atom is -0.497 e. The molecule has 1 aliphatic heterocycles. The Morgan fingerprint density at radius 2 is 1.95 bits per heavy atom. The number of hydrogen-bond acceptors (Lipinski definition) is 3. The molecule has 0 N–H and O–H groups in total. The van der Waals surface area contributed by atoms with Crippen molar-refractivity contribution >= 4 is 23.4 Å². The first kappa shape index (κ1) is 14.9. The van der Waals surface area contributed by atoms with Crippen LogP contribution in [-0.2, 0) is 4.79 Å². The van der Waals surface area contributed by atoms with Crippen LogP contribution in [0.3, 0.4) is 0 Å². The Bertz CT molecular complexity index is 702. The molecule has 3 rings (SSSR count). The van der Waals surface area contributed by atoms with Crippen molar-refractivity contribution < 1.29 is 13.9 Å². The Labute approximate surface area is 133 Å². The minimum absolute atomic E-state index is 0.0626. The number of nitrogens with zero attached hydrogens (tertiary/aromatic N) is 1. The summed E-state index contributed by atoms with van der Waals surface area (Å²) < 4.78 is 18.3. The molecule has 0 aromatic heterocycles. The van der Waals surface area contributed by atoms with Crippen molar-refractivity contribution in [1.29, 1.82) is 0 Å². The maximum Gasteiger partial charge on any atom is 0.238 e. The molecule has 2 aromatic rings. The van der Waals surface area contributed by atoms with Crippen LogP contribution in [0.15, 0.2) is 42.5 Å². The standard InChI is InChI=1S/C17H16FNO2S/c1-11-9-14(21-2)7-8-15(11)19-16(20)10-22-17(19)12-3-5-13(18)6-4-12/h3-9,17H,10H2,1-2H3. The van der Waals surface area contributed by atoms with Gasteiger partial charge in [-0.1, -0.05) is 12.1 Å². The van der Waals surface area contributed by atoms with Crippen molar-refractivity contribution in [2.45, 2.75) is 12.3 Å². The van der Waals surface area contributed by atoms with Gasteiger partial charge < -0.3 is 4.74 Å². The highest BCUT2D eigenvalue weighted by Crippen LogP contribution is 2.43. The summed E-state index contributed by atoms with van der Waals surface area (Å²) in [5.41, 5.74) is 2.76. The van der Waals surface area contributed by atoms with Crippen molar-refractivity contribution in [3.05, 3.63) is 59.4 Å². The molecule has 0 aliphatic carbocycles. The van der Waals surface area contributed by atoms with Crippen LogP contribution in [0.25, 0.3) is 0 Å². The van der Waals surface area contributed by atoms with Crippen molar-refractivity contribution in [1.82, 2.24) is 0 Å². The normalized spacial score (nSPS) is 17.9. The third kappa shape index (κ3) is 2.68. The van der Waals surface area contributed by atoms with E-state index in [0.29, 0.717) is 5.75 Å². The summed E-state index contributed by atoms with van der Waals surface area (Å²) in [6, 6.07) is 12.0. The van der Waals surface area contributed by atoms with Gasteiger partial charge in [0.05, 0.1) is 12.9 Å². The Morgan fingerprint density at radius 3 is 2.59 bits per heavy atom. The average Bonchev–Trinajstić information content (AvgIpc) is 2.89. The van der Waals surface area contributed by atoms with Crippen LogP contribution < -0.4 is 9.64 Å². The maximum absolute atomic E-state index is 13.1. The number of carbonyl (C=O) groups is 1. The molecule has 1 atom stereocenters. The first-order valence-electron chi connectivity index (χ1n) is 6.94. The lowest BCUT2D eigenvalue weighted by Gasteiger charge is -2.26. The smallest absolute Gasteiger partial charge is 0.238 e. The number of thioether (sulfide) groups is 1. The Kier molecular flexibility index (Phi) is 4.07. The second-order valence-electron chi connectivity index (χ2n) is 5.13. The number of carbonyl (C=O) groups excluding carboxylic acids is 1. The van der Waals surface area contributed by atoms with Crippen LogP contribution in [0, 0.1) is 12.7 Å². The molecule has 2 aromatic carbocycles. The molecule has 1 heterocycles. The Balaban J connectivity index is 1.99. The molecule has 114 valence electrons. The van der Waals surface area contributed by atoms with E-state index in [2.05, 4.69) is 0 Å². The molecule has 1 aliphatic rings. The van der Waals surface area contributed by atoms with Crippen LogP contribution in [-0.4, -0.2) is 18.8 Å². The van der Waals surface area contributed by atoms with Crippen molar-refractivity contribution in [3.63, 3.8) is 0 Å². The van der Waals surface area contributed by atoms with E-state index < -0.39 is 0 Å². The fourth-order valence-corrected chi connectivity index (χ4v) is 3.75. The number of ether oxygens (including phenoxy) is 1. The topological polar surface area (TPSA) is 29.5 Å². The fourth-order valence-electron chi connectivity index (χ4n) is 2.58. The van der Waals surface area contributed by atoms with E-state index in [1.54, 1.807) is 35.9 Å². The Hall–Kier alpha value is -2.01. The summed E-state index contributed by atoms with van der Waals surface area (Å²) in [5.74, 6) is 0.977. The van der Waals surface area contributed by atoms with Gasteiger partial charge in [0.15, 0.2) is 0 Å². The van der Waals surface area contributed by atoms with Gasteiger partial charge in [-0.15, -0.1) is 11.8 Å². The summed E-state index contributed by atoms with van der Waals surface area (Å²) in [7, 11) is 1.62. The largest absolute Gasteiger partial charge is 0.497 e. The minimum atomic E-state index is -0.273. The van der Waals surface area contributed by atoms with Crippen molar-refractivity contribution in [2.24, 2.45) is 0 Å². The zero-order valence-corrected chi connectivity index (χ0v) is 13.2. The van der Waals surface area contributed by atoms with Gasteiger partial charge in [0.1, 0.15) is 16.9 Å². The van der Waals surface area contributed by atoms with Gasteiger partial charge in [-0.05, 0) is 48.4 Å². The van der Waals surface area contributed by atoms with E-state index in [0.717, 1.165) is 22.6 Å². The average molecular weight is 317 g/mol. The van der Waals surface area contributed by atoms with E-state index in [4.69, 9.17) is 4.74 Å². The molecule has 1 unspecified atom stereocenters. The van der Waals surface area contributed by atoms with Gasteiger partial charge in [-0.25, -0.2) is 4.39 Å². The SMILES string of the molecule is COc1ccc(N2C(=O)CSC2c2ccc(F)cc2)c(C)c1. The van der Waals surface area contributed by atoms with Gasteiger partial charge in [0.2, 0.25) is 5.91 Å². The number of methoxy groups -OCH3 is 1. The van der Waals surface area contributed by atoms with Gasteiger partial charge in [-0.2, -0.15) is 0 Å². The number of amides is 1.